The zero-order chi connectivity index (χ0) is 30.5. The van der Waals surface area contributed by atoms with Crippen molar-refractivity contribution in [2.45, 2.75) is 37.8 Å². The van der Waals surface area contributed by atoms with Crippen molar-refractivity contribution in [1.82, 2.24) is 10.2 Å². The number of hydrogen-bond acceptors (Lipinski definition) is 7. The molecule has 7 heteroatoms. The Balaban J connectivity index is 1.06. The topological polar surface area (TPSA) is 61.4 Å². The Labute approximate surface area is 267 Å². The highest BCUT2D eigenvalue weighted by Gasteiger charge is 2.36. The Bertz CT molecular complexity index is 1430. The van der Waals surface area contributed by atoms with Gasteiger partial charge in [0.25, 0.3) is 0 Å². The molecule has 0 amide bonds. The van der Waals surface area contributed by atoms with Crippen molar-refractivity contribution in [3.05, 3.63) is 114 Å². The maximum Gasteiger partial charge on any atom is 0.119 e. The predicted octanol–water partition coefficient (Wildman–Crippen LogP) is 5.82. The maximum atomic E-state index is 6.66. The lowest BCUT2D eigenvalue weighted by Gasteiger charge is -2.39. The molecular formula is C38H46N2O5. The summed E-state index contributed by atoms with van der Waals surface area (Å²) in [6, 6.07) is 33.8. The SMILES string of the molecule is c1ccc(COCCCOc2ccc([C@H]3[C@@H](OCc4ccc5ccccc5c4)CNC[C@H]3OCCN3CCOCC3)cc2)cc1. The van der Waals surface area contributed by atoms with Crippen LogP contribution in [0, 0.1) is 0 Å². The van der Waals surface area contributed by atoms with Crippen molar-refractivity contribution in [2.75, 3.05) is 65.8 Å². The van der Waals surface area contributed by atoms with E-state index in [1.54, 1.807) is 0 Å². The van der Waals surface area contributed by atoms with Crippen LogP contribution in [0.25, 0.3) is 10.8 Å². The Hall–Kier alpha value is -3.30. The number of piperidine rings is 1. The fourth-order valence-corrected chi connectivity index (χ4v) is 6.21. The summed E-state index contributed by atoms with van der Waals surface area (Å²) < 4.78 is 30.6. The van der Waals surface area contributed by atoms with Gasteiger partial charge in [0.2, 0.25) is 0 Å². The minimum Gasteiger partial charge on any atom is -0.494 e. The molecule has 45 heavy (non-hydrogen) atoms. The van der Waals surface area contributed by atoms with Crippen LogP contribution in [-0.4, -0.2) is 82.9 Å². The van der Waals surface area contributed by atoms with Crippen LogP contribution in [0.2, 0.25) is 0 Å². The minimum absolute atomic E-state index is 0.00919. The molecule has 0 unspecified atom stereocenters. The number of fused-ring (bicyclic) bond motifs is 1. The first kappa shape index (κ1) is 31.7. The first-order valence-electron chi connectivity index (χ1n) is 16.4. The first-order chi connectivity index (χ1) is 22.3. The van der Waals surface area contributed by atoms with Gasteiger partial charge in [-0.1, -0.05) is 78.9 Å². The van der Waals surface area contributed by atoms with Crippen molar-refractivity contribution in [1.29, 1.82) is 0 Å². The van der Waals surface area contributed by atoms with Crippen LogP contribution in [0.3, 0.4) is 0 Å². The summed E-state index contributed by atoms with van der Waals surface area (Å²) in [5.41, 5.74) is 3.59. The average Bonchev–Trinajstić information content (AvgIpc) is 3.10. The Morgan fingerprint density at radius 3 is 2.27 bits per heavy atom. The minimum atomic E-state index is -0.0212. The molecule has 0 spiro atoms. The van der Waals surface area contributed by atoms with E-state index >= 15 is 0 Å². The van der Waals surface area contributed by atoms with Crippen LogP contribution in [0.1, 0.15) is 29.0 Å². The third-order valence-electron chi connectivity index (χ3n) is 8.69. The van der Waals surface area contributed by atoms with E-state index in [4.69, 9.17) is 23.7 Å². The van der Waals surface area contributed by atoms with Gasteiger partial charge in [-0.15, -0.1) is 0 Å². The number of nitrogens with zero attached hydrogens (tertiary/aromatic N) is 1. The van der Waals surface area contributed by atoms with Crippen LogP contribution in [0.4, 0.5) is 0 Å². The molecule has 2 fully saturated rings. The molecule has 0 aromatic heterocycles. The van der Waals surface area contributed by atoms with Crippen LogP contribution in [0.5, 0.6) is 5.75 Å². The van der Waals surface area contributed by atoms with E-state index in [0.29, 0.717) is 33.0 Å². The lowest BCUT2D eigenvalue weighted by Crippen LogP contribution is -2.51. The lowest BCUT2D eigenvalue weighted by atomic mass is 9.85. The molecule has 238 valence electrons. The van der Waals surface area contributed by atoms with Gasteiger partial charge in [-0.05, 0) is 45.7 Å². The Morgan fingerprint density at radius 1 is 0.689 bits per heavy atom. The van der Waals surface area contributed by atoms with Gasteiger partial charge in [0.15, 0.2) is 0 Å². The molecule has 6 rings (SSSR count). The van der Waals surface area contributed by atoms with Crippen molar-refractivity contribution < 1.29 is 23.7 Å². The number of hydrogen-bond donors (Lipinski definition) is 1. The molecule has 2 saturated heterocycles. The molecule has 3 atom stereocenters. The van der Waals surface area contributed by atoms with E-state index in [9.17, 15) is 0 Å². The van der Waals surface area contributed by atoms with Crippen LogP contribution in [0.15, 0.2) is 97.1 Å². The summed E-state index contributed by atoms with van der Waals surface area (Å²) in [7, 11) is 0. The molecule has 2 aliphatic heterocycles. The van der Waals surface area contributed by atoms with E-state index in [1.165, 1.54) is 27.5 Å². The second kappa shape index (κ2) is 16.9. The summed E-state index contributed by atoms with van der Waals surface area (Å²) in [6.45, 7) is 9.18. The molecule has 2 heterocycles. The number of rotatable bonds is 15. The fourth-order valence-electron chi connectivity index (χ4n) is 6.21. The van der Waals surface area contributed by atoms with Crippen molar-refractivity contribution in [3.8, 4) is 5.75 Å². The molecule has 2 aliphatic rings. The maximum absolute atomic E-state index is 6.66. The summed E-state index contributed by atoms with van der Waals surface area (Å²) in [4.78, 5) is 2.42. The summed E-state index contributed by atoms with van der Waals surface area (Å²) in [5, 5.41) is 6.07. The molecule has 0 radical (unpaired) electrons. The summed E-state index contributed by atoms with van der Waals surface area (Å²) in [5.74, 6) is 0.978. The van der Waals surface area contributed by atoms with Crippen LogP contribution in [-0.2, 0) is 32.2 Å². The molecule has 7 nitrogen and oxygen atoms in total. The standard InChI is InChI=1S/C38H46N2O5/c1-2-7-30(8-3-1)28-42-20-6-21-43-35-15-13-33(14-16-35)38-36(44-24-19-40-17-22-41-23-18-40)26-39-27-37(38)45-29-31-11-12-32-9-4-5-10-34(32)25-31/h1-5,7-16,25,36-39H,6,17-24,26-29H2/t36-,37+,38-/m1/s1. The monoisotopic (exact) mass is 610 g/mol. The second-order valence-electron chi connectivity index (χ2n) is 11.9. The zero-order valence-corrected chi connectivity index (χ0v) is 26.2. The van der Waals surface area contributed by atoms with Gasteiger partial charge in [0, 0.05) is 45.1 Å². The molecule has 0 bridgehead atoms. The number of nitrogens with one attached hydrogen (secondary N) is 1. The lowest BCUT2D eigenvalue weighted by molar-refractivity contribution is -0.0662. The van der Waals surface area contributed by atoms with Crippen molar-refractivity contribution in [3.63, 3.8) is 0 Å². The predicted molar refractivity (Wildman–Crippen MR) is 178 cm³/mol. The van der Waals surface area contributed by atoms with Gasteiger partial charge in [-0.3, -0.25) is 4.90 Å². The van der Waals surface area contributed by atoms with E-state index in [2.05, 4.69) is 89.1 Å². The molecule has 4 aromatic rings. The van der Waals surface area contributed by atoms with E-state index < -0.39 is 0 Å². The summed E-state index contributed by atoms with van der Waals surface area (Å²) >= 11 is 0. The van der Waals surface area contributed by atoms with E-state index in [0.717, 1.165) is 58.1 Å². The van der Waals surface area contributed by atoms with Gasteiger partial charge in [-0.2, -0.15) is 0 Å². The number of morpholine rings is 1. The molecule has 1 N–H and O–H groups in total. The second-order valence-corrected chi connectivity index (χ2v) is 11.9. The largest absolute Gasteiger partial charge is 0.494 e. The first-order valence-corrected chi connectivity index (χ1v) is 16.4. The van der Waals surface area contributed by atoms with Gasteiger partial charge >= 0.3 is 0 Å². The highest BCUT2D eigenvalue weighted by molar-refractivity contribution is 5.82. The highest BCUT2D eigenvalue weighted by atomic mass is 16.5. The molecule has 0 saturated carbocycles. The average molecular weight is 611 g/mol. The van der Waals surface area contributed by atoms with Gasteiger partial charge in [0.05, 0.1) is 58.5 Å². The Morgan fingerprint density at radius 2 is 1.44 bits per heavy atom. The smallest absolute Gasteiger partial charge is 0.119 e. The number of benzene rings is 4. The molecule has 4 aromatic carbocycles. The zero-order valence-electron chi connectivity index (χ0n) is 26.2. The fraction of sp³-hybridized carbons (Fsp3) is 0.421. The molecular weight excluding hydrogens is 564 g/mol. The third kappa shape index (κ3) is 9.36. The van der Waals surface area contributed by atoms with Gasteiger partial charge < -0.3 is 29.0 Å². The summed E-state index contributed by atoms with van der Waals surface area (Å²) in [6.07, 6.45) is 0.828. The van der Waals surface area contributed by atoms with Crippen LogP contribution < -0.4 is 10.1 Å². The third-order valence-corrected chi connectivity index (χ3v) is 8.69. The highest BCUT2D eigenvalue weighted by Crippen LogP contribution is 2.32. The van der Waals surface area contributed by atoms with E-state index in [-0.39, 0.29) is 18.1 Å². The quantitative estimate of drug-likeness (QED) is 0.170. The Kier molecular flexibility index (Phi) is 11.9. The van der Waals surface area contributed by atoms with Crippen LogP contribution >= 0.6 is 0 Å². The van der Waals surface area contributed by atoms with Gasteiger partial charge in [-0.25, -0.2) is 0 Å². The number of ether oxygens (including phenoxy) is 5. The van der Waals surface area contributed by atoms with E-state index in [1.807, 2.05) is 18.2 Å². The normalized spacial score (nSPS) is 20.8. The van der Waals surface area contributed by atoms with Crippen molar-refractivity contribution >= 4 is 10.8 Å². The van der Waals surface area contributed by atoms with Gasteiger partial charge in [0.1, 0.15) is 5.75 Å². The molecule has 0 aliphatic carbocycles. The van der Waals surface area contributed by atoms with Crippen molar-refractivity contribution in [2.24, 2.45) is 0 Å².